The van der Waals surface area contributed by atoms with Gasteiger partial charge in [0.15, 0.2) is 0 Å². The maximum atomic E-state index is 12.3. The number of carbonyl (C=O) groups excluding carboxylic acids is 1. The lowest BCUT2D eigenvalue weighted by atomic mass is 10.1. The van der Waals surface area contributed by atoms with Crippen molar-refractivity contribution in [2.75, 3.05) is 13.2 Å². The van der Waals surface area contributed by atoms with Gasteiger partial charge in [-0.2, -0.15) is 4.72 Å². The van der Waals surface area contributed by atoms with E-state index in [1.54, 1.807) is 12.1 Å². The molecule has 0 unspecified atom stereocenters. The van der Waals surface area contributed by atoms with Gasteiger partial charge in [-0.25, -0.2) is 8.42 Å². The average Bonchev–Trinajstić information content (AvgIpc) is 2.47. The lowest BCUT2D eigenvalue weighted by Gasteiger charge is -2.15. The quantitative estimate of drug-likeness (QED) is 0.718. The van der Waals surface area contributed by atoms with Crippen molar-refractivity contribution in [3.05, 3.63) is 24.3 Å². The molecule has 0 bridgehead atoms. The Morgan fingerprint density at radius 3 is 2.30 bits per heavy atom. The summed E-state index contributed by atoms with van der Waals surface area (Å²) in [5, 5.41) is 2.73. The van der Waals surface area contributed by atoms with E-state index >= 15 is 0 Å². The van der Waals surface area contributed by atoms with Gasteiger partial charge in [-0.05, 0) is 50.5 Å². The van der Waals surface area contributed by atoms with Crippen LogP contribution in [0.1, 0.15) is 34.1 Å². The molecule has 130 valence electrons. The highest BCUT2D eigenvalue weighted by atomic mass is 32.2. The third kappa shape index (κ3) is 6.58. The molecule has 1 atom stereocenters. The van der Waals surface area contributed by atoms with Crippen molar-refractivity contribution in [2.24, 2.45) is 5.92 Å². The highest BCUT2D eigenvalue weighted by Crippen LogP contribution is 2.16. The SMILES string of the molecule is CCOc1ccc(S(=O)(=O)N[C@@H](C)C(=O)NCCC(C)C)cc1. The minimum Gasteiger partial charge on any atom is -0.494 e. The number of benzene rings is 1. The number of ether oxygens (including phenoxy) is 1. The third-order valence-electron chi connectivity index (χ3n) is 3.19. The molecular weight excluding hydrogens is 316 g/mol. The molecule has 7 heteroatoms. The normalized spacial score (nSPS) is 12.9. The van der Waals surface area contributed by atoms with Crippen molar-refractivity contribution in [2.45, 2.75) is 45.1 Å². The Morgan fingerprint density at radius 2 is 1.78 bits per heavy atom. The van der Waals surface area contributed by atoms with Gasteiger partial charge in [-0.15, -0.1) is 0 Å². The molecule has 0 radical (unpaired) electrons. The van der Waals surface area contributed by atoms with Gasteiger partial charge in [-0.1, -0.05) is 13.8 Å². The van der Waals surface area contributed by atoms with E-state index in [1.807, 2.05) is 6.92 Å². The molecule has 0 aliphatic carbocycles. The Morgan fingerprint density at radius 1 is 1.17 bits per heavy atom. The van der Waals surface area contributed by atoms with Crippen molar-refractivity contribution in [1.29, 1.82) is 0 Å². The van der Waals surface area contributed by atoms with Gasteiger partial charge >= 0.3 is 0 Å². The summed E-state index contributed by atoms with van der Waals surface area (Å²) in [4.78, 5) is 12.0. The Kier molecular flexibility index (Phi) is 7.51. The molecule has 0 aromatic heterocycles. The zero-order valence-corrected chi connectivity index (χ0v) is 14.9. The fourth-order valence-electron chi connectivity index (χ4n) is 1.87. The van der Waals surface area contributed by atoms with Crippen molar-refractivity contribution in [3.63, 3.8) is 0 Å². The van der Waals surface area contributed by atoms with Crippen LogP contribution in [-0.2, 0) is 14.8 Å². The van der Waals surface area contributed by atoms with E-state index in [4.69, 9.17) is 4.74 Å². The predicted molar refractivity (Wildman–Crippen MR) is 89.9 cm³/mol. The standard InChI is InChI=1S/C16H26N2O4S/c1-5-22-14-6-8-15(9-7-14)23(20,21)18-13(4)16(19)17-11-10-12(2)3/h6-9,12-13,18H,5,10-11H2,1-4H3,(H,17,19)/t13-/m0/s1. The number of hydrogen-bond donors (Lipinski definition) is 2. The second kappa shape index (κ2) is 8.88. The highest BCUT2D eigenvalue weighted by Gasteiger charge is 2.21. The molecule has 2 N–H and O–H groups in total. The number of nitrogens with one attached hydrogen (secondary N) is 2. The summed E-state index contributed by atoms with van der Waals surface area (Å²) < 4.78 is 32.2. The van der Waals surface area contributed by atoms with Crippen LogP contribution in [0.3, 0.4) is 0 Å². The van der Waals surface area contributed by atoms with E-state index in [0.717, 1.165) is 6.42 Å². The van der Waals surface area contributed by atoms with Crippen molar-refractivity contribution in [3.8, 4) is 5.75 Å². The molecule has 1 aromatic rings. The number of amides is 1. The van der Waals surface area contributed by atoms with E-state index in [2.05, 4.69) is 23.9 Å². The zero-order chi connectivity index (χ0) is 17.5. The Balaban J connectivity index is 2.64. The van der Waals surface area contributed by atoms with Crippen molar-refractivity contribution < 1.29 is 17.9 Å². The Bertz CT molecular complexity index is 597. The predicted octanol–water partition coefficient (Wildman–Crippen LogP) is 1.91. The van der Waals surface area contributed by atoms with Gasteiger partial charge in [0.2, 0.25) is 15.9 Å². The third-order valence-corrected chi connectivity index (χ3v) is 4.75. The van der Waals surface area contributed by atoms with Crippen LogP contribution in [0.4, 0.5) is 0 Å². The summed E-state index contributed by atoms with van der Waals surface area (Å²) in [5.74, 6) is 0.747. The van der Waals surface area contributed by atoms with Gasteiger partial charge in [0.25, 0.3) is 0 Å². The second-order valence-corrected chi connectivity index (χ2v) is 7.43. The van der Waals surface area contributed by atoms with Gasteiger partial charge in [0.05, 0.1) is 17.5 Å². The van der Waals surface area contributed by atoms with Crippen LogP contribution in [0.2, 0.25) is 0 Å². The summed E-state index contributed by atoms with van der Waals surface area (Å²) in [5.41, 5.74) is 0. The van der Waals surface area contributed by atoms with Gasteiger partial charge in [0.1, 0.15) is 5.75 Å². The molecule has 0 aliphatic rings. The second-order valence-electron chi connectivity index (χ2n) is 5.72. The van der Waals surface area contributed by atoms with Gasteiger partial charge in [-0.3, -0.25) is 4.79 Å². The van der Waals surface area contributed by atoms with Crippen LogP contribution in [0.25, 0.3) is 0 Å². The maximum Gasteiger partial charge on any atom is 0.241 e. The molecule has 0 saturated heterocycles. The van der Waals surface area contributed by atoms with Crippen LogP contribution >= 0.6 is 0 Å². The lowest BCUT2D eigenvalue weighted by Crippen LogP contribution is -2.45. The minimum atomic E-state index is -3.74. The molecule has 0 fully saturated rings. The lowest BCUT2D eigenvalue weighted by molar-refractivity contribution is -0.122. The smallest absolute Gasteiger partial charge is 0.241 e. The first-order chi connectivity index (χ1) is 10.8. The number of carbonyl (C=O) groups is 1. The van der Waals surface area contributed by atoms with E-state index in [9.17, 15) is 13.2 Å². The number of hydrogen-bond acceptors (Lipinski definition) is 4. The fourth-order valence-corrected chi connectivity index (χ4v) is 3.08. The molecule has 0 spiro atoms. The van der Waals surface area contributed by atoms with E-state index in [0.29, 0.717) is 24.8 Å². The molecule has 0 aliphatic heterocycles. The summed E-state index contributed by atoms with van der Waals surface area (Å²) in [7, 11) is -3.74. The molecular formula is C16H26N2O4S. The first-order valence-corrected chi connectivity index (χ1v) is 9.27. The van der Waals surface area contributed by atoms with Crippen molar-refractivity contribution >= 4 is 15.9 Å². The monoisotopic (exact) mass is 342 g/mol. The van der Waals surface area contributed by atoms with Crippen LogP contribution in [0, 0.1) is 5.92 Å². The summed E-state index contributed by atoms with van der Waals surface area (Å²) in [6, 6.07) is 5.25. The zero-order valence-electron chi connectivity index (χ0n) is 14.1. The van der Waals surface area contributed by atoms with E-state index in [-0.39, 0.29) is 10.8 Å². The molecule has 23 heavy (non-hydrogen) atoms. The van der Waals surface area contributed by atoms with Crippen LogP contribution in [0.15, 0.2) is 29.2 Å². The summed E-state index contributed by atoms with van der Waals surface area (Å²) in [6.07, 6.45) is 0.851. The van der Waals surface area contributed by atoms with E-state index < -0.39 is 16.1 Å². The first kappa shape index (κ1) is 19.4. The molecule has 0 saturated carbocycles. The fraction of sp³-hybridized carbons (Fsp3) is 0.562. The summed E-state index contributed by atoms with van der Waals surface area (Å²) >= 11 is 0. The van der Waals surface area contributed by atoms with Gasteiger partial charge in [0, 0.05) is 6.54 Å². The van der Waals surface area contributed by atoms with Crippen molar-refractivity contribution in [1.82, 2.24) is 10.0 Å². The Hall–Kier alpha value is -1.60. The molecule has 1 aromatic carbocycles. The largest absolute Gasteiger partial charge is 0.494 e. The molecule has 1 rings (SSSR count). The van der Waals surface area contributed by atoms with Crippen LogP contribution in [0.5, 0.6) is 5.75 Å². The number of sulfonamides is 1. The highest BCUT2D eigenvalue weighted by molar-refractivity contribution is 7.89. The molecule has 1 amide bonds. The van der Waals surface area contributed by atoms with Crippen LogP contribution in [-0.4, -0.2) is 33.5 Å². The average molecular weight is 342 g/mol. The minimum absolute atomic E-state index is 0.0998. The van der Waals surface area contributed by atoms with Crippen LogP contribution < -0.4 is 14.8 Å². The maximum absolute atomic E-state index is 12.3. The number of rotatable bonds is 9. The molecule has 6 nitrogen and oxygen atoms in total. The summed E-state index contributed by atoms with van der Waals surface area (Å²) in [6.45, 7) is 8.54. The topological polar surface area (TPSA) is 84.5 Å². The Labute approximate surface area is 138 Å². The van der Waals surface area contributed by atoms with Gasteiger partial charge < -0.3 is 10.1 Å². The van der Waals surface area contributed by atoms with E-state index in [1.165, 1.54) is 19.1 Å². The molecule has 0 heterocycles. The first-order valence-electron chi connectivity index (χ1n) is 7.79.